The van der Waals surface area contributed by atoms with Gasteiger partial charge in [-0.3, -0.25) is 0 Å². The molecule has 0 atom stereocenters. The molecule has 3 heteroatoms. The third kappa shape index (κ3) is 1.51. The van der Waals surface area contributed by atoms with Gasteiger partial charge in [-0.05, 0) is 25.6 Å². The van der Waals surface area contributed by atoms with Gasteiger partial charge in [0.2, 0.25) is 0 Å². The van der Waals surface area contributed by atoms with Gasteiger partial charge in [0.05, 0.1) is 5.02 Å². The second-order valence-corrected chi connectivity index (χ2v) is 3.88. The lowest BCUT2D eigenvalue weighted by Gasteiger charge is -1.93. The van der Waals surface area contributed by atoms with Crippen molar-refractivity contribution in [3.05, 3.63) is 34.5 Å². The molecule has 0 saturated carbocycles. The van der Waals surface area contributed by atoms with E-state index in [4.69, 9.17) is 17.3 Å². The van der Waals surface area contributed by atoms with Crippen LogP contribution in [0.3, 0.4) is 0 Å². The fourth-order valence-corrected chi connectivity index (χ4v) is 1.94. The Balaban J connectivity index is 2.62. The van der Waals surface area contributed by atoms with Crippen LogP contribution in [0.25, 0.3) is 10.9 Å². The molecule has 0 spiro atoms. The molecule has 0 aliphatic rings. The molecular weight excluding hydrogens is 196 g/mol. The minimum atomic E-state index is 0.617. The van der Waals surface area contributed by atoms with E-state index in [0.717, 1.165) is 28.0 Å². The summed E-state index contributed by atoms with van der Waals surface area (Å²) in [6, 6.07) is 6.21. The van der Waals surface area contributed by atoms with Crippen molar-refractivity contribution in [3.63, 3.8) is 0 Å². The molecule has 0 amide bonds. The van der Waals surface area contributed by atoms with Gasteiger partial charge in [-0.2, -0.15) is 0 Å². The van der Waals surface area contributed by atoms with Crippen LogP contribution in [0, 0.1) is 6.92 Å². The van der Waals surface area contributed by atoms with Crippen molar-refractivity contribution >= 4 is 22.5 Å². The Labute approximate surface area is 88.1 Å². The molecule has 74 valence electrons. The maximum absolute atomic E-state index is 6.22. The summed E-state index contributed by atoms with van der Waals surface area (Å²) in [6.45, 7) is 2.68. The highest BCUT2D eigenvalue weighted by molar-refractivity contribution is 6.36. The average Bonchev–Trinajstić information content (AvgIpc) is 2.46. The third-order valence-corrected chi connectivity index (χ3v) is 2.79. The van der Waals surface area contributed by atoms with Crippen LogP contribution in [0.5, 0.6) is 0 Å². The summed E-state index contributed by atoms with van der Waals surface area (Å²) in [5.74, 6) is 0. The molecule has 3 N–H and O–H groups in total. The molecule has 1 heterocycles. The Morgan fingerprint density at radius 3 is 2.93 bits per heavy atom. The number of halogens is 1. The topological polar surface area (TPSA) is 41.8 Å². The fourth-order valence-electron chi connectivity index (χ4n) is 1.65. The quantitative estimate of drug-likeness (QED) is 0.783. The highest BCUT2D eigenvalue weighted by Gasteiger charge is 2.08. The van der Waals surface area contributed by atoms with E-state index in [1.807, 2.05) is 0 Å². The Hall–Kier alpha value is -0.990. The van der Waals surface area contributed by atoms with Gasteiger partial charge in [0.1, 0.15) is 0 Å². The SMILES string of the molecule is Cc1ccc2[nH]c(CCN)c(Cl)c2c1. The number of aromatic amines is 1. The number of benzene rings is 1. The molecule has 1 aromatic heterocycles. The lowest BCUT2D eigenvalue weighted by Crippen LogP contribution is -2.02. The van der Waals surface area contributed by atoms with E-state index < -0.39 is 0 Å². The van der Waals surface area contributed by atoms with Crippen molar-refractivity contribution in [1.29, 1.82) is 0 Å². The number of hydrogen-bond donors (Lipinski definition) is 2. The number of nitrogens with two attached hydrogens (primary N) is 1. The van der Waals surface area contributed by atoms with Crippen molar-refractivity contribution in [1.82, 2.24) is 4.98 Å². The van der Waals surface area contributed by atoms with Crippen LogP contribution in [0.1, 0.15) is 11.3 Å². The maximum atomic E-state index is 6.22. The average molecular weight is 209 g/mol. The van der Waals surface area contributed by atoms with Crippen LogP contribution in [0.4, 0.5) is 0 Å². The van der Waals surface area contributed by atoms with Crippen LogP contribution in [0.2, 0.25) is 5.02 Å². The molecule has 1 aromatic carbocycles. The van der Waals surface area contributed by atoms with Crippen molar-refractivity contribution < 1.29 is 0 Å². The predicted molar refractivity (Wildman–Crippen MR) is 60.8 cm³/mol. The Bertz CT molecular complexity index is 460. The highest BCUT2D eigenvalue weighted by atomic mass is 35.5. The lowest BCUT2D eigenvalue weighted by molar-refractivity contribution is 0.940. The van der Waals surface area contributed by atoms with Gasteiger partial charge in [-0.1, -0.05) is 23.2 Å². The lowest BCUT2D eigenvalue weighted by atomic mass is 10.2. The van der Waals surface area contributed by atoms with Gasteiger partial charge < -0.3 is 10.7 Å². The third-order valence-electron chi connectivity index (χ3n) is 2.36. The Morgan fingerprint density at radius 2 is 2.21 bits per heavy atom. The second-order valence-electron chi connectivity index (χ2n) is 3.51. The van der Waals surface area contributed by atoms with Crippen LogP contribution < -0.4 is 5.73 Å². The van der Waals surface area contributed by atoms with Crippen molar-refractivity contribution in [2.75, 3.05) is 6.54 Å². The molecule has 0 bridgehead atoms. The summed E-state index contributed by atoms with van der Waals surface area (Å²) in [5, 5.41) is 1.91. The summed E-state index contributed by atoms with van der Waals surface area (Å²) in [6.07, 6.45) is 0.798. The first-order valence-corrected chi connectivity index (χ1v) is 5.07. The van der Waals surface area contributed by atoms with Crippen molar-refractivity contribution in [2.45, 2.75) is 13.3 Å². The second kappa shape index (κ2) is 3.64. The predicted octanol–water partition coefficient (Wildman–Crippen LogP) is 2.63. The highest BCUT2D eigenvalue weighted by Crippen LogP contribution is 2.28. The number of aromatic nitrogens is 1. The van der Waals surface area contributed by atoms with E-state index >= 15 is 0 Å². The monoisotopic (exact) mass is 208 g/mol. The smallest absolute Gasteiger partial charge is 0.0692 e. The normalized spacial score (nSPS) is 11.1. The minimum absolute atomic E-state index is 0.617. The molecule has 2 nitrogen and oxygen atoms in total. The molecule has 2 rings (SSSR count). The molecule has 0 fully saturated rings. The summed E-state index contributed by atoms with van der Waals surface area (Å²) in [7, 11) is 0. The number of hydrogen-bond acceptors (Lipinski definition) is 1. The maximum Gasteiger partial charge on any atom is 0.0692 e. The number of nitrogens with one attached hydrogen (secondary N) is 1. The van der Waals surface area contributed by atoms with Crippen LogP contribution in [-0.4, -0.2) is 11.5 Å². The van der Waals surface area contributed by atoms with Gasteiger partial charge in [0.15, 0.2) is 0 Å². The first kappa shape index (κ1) is 9.56. The molecule has 2 aromatic rings. The summed E-state index contributed by atoms with van der Waals surface area (Å²) < 4.78 is 0. The van der Waals surface area contributed by atoms with Crippen LogP contribution in [0.15, 0.2) is 18.2 Å². The summed E-state index contributed by atoms with van der Waals surface area (Å²) >= 11 is 6.22. The summed E-state index contributed by atoms with van der Waals surface area (Å²) in [4.78, 5) is 3.28. The van der Waals surface area contributed by atoms with Crippen molar-refractivity contribution in [2.24, 2.45) is 5.73 Å². The number of rotatable bonds is 2. The zero-order chi connectivity index (χ0) is 10.1. The molecular formula is C11H13ClN2. The van der Waals surface area contributed by atoms with Gasteiger partial charge in [-0.15, -0.1) is 0 Å². The van der Waals surface area contributed by atoms with E-state index in [0.29, 0.717) is 6.54 Å². The van der Waals surface area contributed by atoms with Gasteiger partial charge in [0.25, 0.3) is 0 Å². The van der Waals surface area contributed by atoms with Gasteiger partial charge >= 0.3 is 0 Å². The summed E-state index contributed by atoms with van der Waals surface area (Å²) in [5.41, 5.74) is 8.85. The standard InChI is InChI=1S/C11H13ClN2/c1-7-2-3-9-8(6-7)11(12)10(14-9)4-5-13/h2-3,6,14H,4-5,13H2,1H3. The van der Waals surface area contributed by atoms with E-state index in [-0.39, 0.29) is 0 Å². The van der Waals surface area contributed by atoms with E-state index in [1.54, 1.807) is 0 Å². The molecule has 0 radical (unpaired) electrons. The number of aryl methyl sites for hydroxylation is 1. The number of fused-ring (bicyclic) bond motifs is 1. The molecule has 0 unspecified atom stereocenters. The Kier molecular flexibility index (Phi) is 2.48. The largest absolute Gasteiger partial charge is 0.357 e. The minimum Gasteiger partial charge on any atom is -0.357 e. The first-order valence-electron chi connectivity index (χ1n) is 4.69. The molecule has 0 aliphatic carbocycles. The Morgan fingerprint density at radius 1 is 1.43 bits per heavy atom. The molecule has 0 saturated heterocycles. The van der Waals surface area contributed by atoms with E-state index in [2.05, 4.69) is 30.1 Å². The zero-order valence-corrected chi connectivity index (χ0v) is 8.86. The first-order chi connectivity index (χ1) is 6.72. The molecule has 14 heavy (non-hydrogen) atoms. The van der Waals surface area contributed by atoms with Gasteiger partial charge in [0, 0.05) is 23.0 Å². The fraction of sp³-hybridized carbons (Fsp3) is 0.273. The van der Waals surface area contributed by atoms with Gasteiger partial charge in [-0.25, -0.2) is 0 Å². The van der Waals surface area contributed by atoms with Crippen LogP contribution in [-0.2, 0) is 6.42 Å². The molecule has 0 aliphatic heterocycles. The number of H-pyrrole nitrogens is 1. The van der Waals surface area contributed by atoms with E-state index in [9.17, 15) is 0 Å². The van der Waals surface area contributed by atoms with E-state index in [1.165, 1.54) is 5.56 Å². The van der Waals surface area contributed by atoms with Crippen LogP contribution >= 0.6 is 11.6 Å². The van der Waals surface area contributed by atoms with Crippen molar-refractivity contribution in [3.8, 4) is 0 Å². The zero-order valence-electron chi connectivity index (χ0n) is 8.10.